The van der Waals surface area contributed by atoms with Gasteiger partial charge in [-0.15, -0.1) is 0 Å². The Morgan fingerprint density at radius 3 is 1.78 bits per heavy atom. The Bertz CT molecular complexity index is 2240. The fourth-order valence-electron chi connectivity index (χ4n) is 6.10. The molecule has 41 heavy (non-hydrogen) atoms. The molecule has 0 amide bonds. The number of aromatic nitrogens is 3. The monoisotopic (exact) mass is 559 g/mol. The van der Waals surface area contributed by atoms with Gasteiger partial charge in [0, 0.05) is 33.0 Å². The minimum Gasteiger partial charge on any atom is -0.309 e. The van der Waals surface area contributed by atoms with Gasteiger partial charge in [-0.05, 0) is 65.2 Å². The van der Waals surface area contributed by atoms with Crippen molar-refractivity contribution >= 4 is 79.0 Å². The SMILES string of the molecule is S=C=Nc1nc2c(nc1N=C=S)-c1ccc(-c3cccc(-n4c5ccccc5c5ccccc54)c3)c3cccc-2c13. The molecule has 7 aromatic rings. The van der Waals surface area contributed by atoms with E-state index in [-0.39, 0.29) is 11.6 Å². The van der Waals surface area contributed by atoms with Gasteiger partial charge in [0.1, 0.15) is 0 Å². The maximum absolute atomic E-state index is 4.83. The number of hydrogen-bond donors (Lipinski definition) is 0. The minimum absolute atomic E-state index is 0.278. The molecule has 0 spiro atoms. The summed E-state index contributed by atoms with van der Waals surface area (Å²) in [5, 5.41) is 9.45. The van der Waals surface area contributed by atoms with Crippen molar-refractivity contribution in [1.29, 1.82) is 0 Å². The summed E-state index contributed by atoms with van der Waals surface area (Å²) in [6, 6.07) is 36.4. The van der Waals surface area contributed by atoms with Crippen molar-refractivity contribution in [2.24, 2.45) is 9.98 Å². The zero-order valence-corrected chi connectivity index (χ0v) is 23.0. The summed E-state index contributed by atoms with van der Waals surface area (Å²) in [4.78, 5) is 17.7. The second-order valence-electron chi connectivity index (χ2n) is 9.78. The quantitative estimate of drug-likeness (QED) is 0.159. The number of nitrogens with zero attached hydrogens (tertiary/aromatic N) is 5. The molecule has 5 aromatic carbocycles. The van der Waals surface area contributed by atoms with Crippen LogP contribution in [0.5, 0.6) is 0 Å². The summed E-state index contributed by atoms with van der Waals surface area (Å²) < 4.78 is 2.34. The highest BCUT2D eigenvalue weighted by molar-refractivity contribution is 7.78. The highest BCUT2D eigenvalue weighted by Crippen LogP contribution is 2.49. The van der Waals surface area contributed by atoms with E-state index in [0.717, 1.165) is 50.1 Å². The molecule has 0 fully saturated rings. The van der Waals surface area contributed by atoms with Gasteiger partial charge in [0.15, 0.2) is 0 Å². The number of aliphatic imine (C=N–C) groups is 2. The number of thiocarbonyl (C=S) groups is 2. The fraction of sp³-hybridized carbons (Fsp3) is 0. The molecule has 0 atom stereocenters. The molecule has 1 aliphatic rings. The van der Waals surface area contributed by atoms with Crippen LogP contribution in [0.25, 0.3) is 71.9 Å². The number of benzene rings is 5. The summed E-state index contributed by atoms with van der Waals surface area (Å²) in [6.45, 7) is 0. The molecule has 0 saturated heterocycles. The van der Waals surface area contributed by atoms with Gasteiger partial charge in [-0.3, -0.25) is 0 Å². The van der Waals surface area contributed by atoms with Gasteiger partial charge in [-0.25, -0.2) is 9.97 Å². The van der Waals surface area contributed by atoms with Crippen LogP contribution in [0, 0.1) is 0 Å². The zero-order valence-electron chi connectivity index (χ0n) is 21.4. The van der Waals surface area contributed by atoms with E-state index in [0.29, 0.717) is 0 Å². The normalized spacial score (nSPS) is 11.4. The first kappa shape index (κ1) is 23.7. The van der Waals surface area contributed by atoms with Crippen LogP contribution in [0.15, 0.2) is 113 Å². The van der Waals surface area contributed by atoms with Crippen molar-refractivity contribution in [3.8, 4) is 39.3 Å². The first-order valence-electron chi connectivity index (χ1n) is 13.0. The average Bonchev–Trinajstić information content (AvgIpc) is 3.51. The summed E-state index contributed by atoms with van der Waals surface area (Å²) in [6.07, 6.45) is 0. The van der Waals surface area contributed by atoms with Gasteiger partial charge >= 0.3 is 0 Å². The molecule has 0 saturated carbocycles. The summed E-state index contributed by atoms with van der Waals surface area (Å²) in [5.41, 5.74) is 9.23. The van der Waals surface area contributed by atoms with Crippen LogP contribution < -0.4 is 0 Å². The van der Waals surface area contributed by atoms with Gasteiger partial charge in [0.2, 0.25) is 11.6 Å². The zero-order chi connectivity index (χ0) is 27.5. The lowest BCUT2D eigenvalue weighted by molar-refractivity contribution is 1.18. The van der Waals surface area contributed by atoms with E-state index in [1.807, 2.05) is 0 Å². The Morgan fingerprint density at radius 2 is 1.12 bits per heavy atom. The first-order valence-corrected chi connectivity index (χ1v) is 13.8. The fourth-order valence-corrected chi connectivity index (χ4v) is 6.27. The third kappa shape index (κ3) is 3.48. The van der Waals surface area contributed by atoms with Crippen molar-refractivity contribution in [2.45, 2.75) is 0 Å². The van der Waals surface area contributed by atoms with E-state index in [1.165, 1.54) is 21.8 Å². The van der Waals surface area contributed by atoms with E-state index < -0.39 is 0 Å². The summed E-state index contributed by atoms with van der Waals surface area (Å²) in [5.74, 6) is 0.556. The molecule has 5 nitrogen and oxygen atoms in total. The largest absolute Gasteiger partial charge is 0.309 e. The van der Waals surface area contributed by atoms with Gasteiger partial charge in [0.25, 0.3) is 0 Å². The Labute approximate surface area is 245 Å². The van der Waals surface area contributed by atoms with E-state index >= 15 is 0 Å². The van der Waals surface area contributed by atoms with Crippen molar-refractivity contribution in [2.75, 3.05) is 0 Å². The molecular weight excluding hydrogens is 543 g/mol. The Hall–Kier alpha value is -5.16. The van der Waals surface area contributed by atoms with Gasteiger partial charge in [-0.2, -0.15) is 9.98 Å². The molecule has 2 heterocycles. The van der Waals surface area contributed by atoms with Crippen LogP contribution in [-0.4, -0.2) is 24.9 Å². The number of fused-ring (bicyclic) bond motifs is 6. The van der Waals surface area contributed by atoms with Crippen LogP contribution in [0.4, 0.5) is 11.6 Å². The standard InChI is InChI=1S/C34H17N5S2/c40-18-35-33-34(36-19-41)38-32-27-16-15-22(25-11-6-12-26(30(25)27)31(32)37-33)20-7-5-8-21(17-20)39-28-13-3-1-9-23(28)24-10-2-4-14-29(24)39/h1-17H. The molecule has 0 N–H and O–H groups in total. The number of isothiocyanates is 2. The Kier molecular flexibility index (Phi) is 5.32. The van der Waals surface area contributed by atoms with E-state index in [9.17, 15) is 0 Å². The molecule has 0 unspecified atom stereocenters. The highest BCUT2D eigenvalue weighted by Gasteiger charge is 2.27. The van der Waals surface area contributed by atoms with Crippen molar-refractivity contribution in [3.63, 3.8) is 0 Å². The van der Waals surface area contributed by atoms with E-state index in [4.69, 9.17) is 34.4 Å². The minimum atomic E-state index is 0.278. The van der Waals surface area contributed by atoms with E-state index in [2.05, 4.69) is 128 Å². The van der Waals surface area contributed by atoms with Crippen LogP contribution in [0.1, 0.15) is 0 Å². The van der Waals surface area contributed by atoms with Crippen molar-refractivity contribution < 1.29 is 0 Å². The molecule has 8 rings (SSSR count). The third-order valence-electron chi connectivity index (χ3n) is 7.71. The van der Waals surface area contributed by atoms with Crippen LogP contribution in [0.2, 0.25) is 0 Å². The topological polar surface area (TPSA) is 55.4 Å². The number of para-hydroxylation sites is 2. The average molecular weight is 560 g/mol. The molecule has 0 aliphatic heterocycles. The summed E-state index contributed by atoms with van der Waals surface area (Å²) >= 11 is 9.66. The molecular formula is C34H17N5S2. The molecule has 7 heteroatoms. The van der Waals surface area contributed by atoms with Crippen LogP contribution in [0.3, 0.4) is 0 Å². The molecule has 0 radical (unpaired) electrons. The van der Waals surface area contributed by atoms with E-state index in [1.54, 1.807) is 0 Å². The smallest absolute Gasteiger partial charge is 0.209 e. The van der Waals surface area contributed by atoms with Crippen LogP contribution >= 0.6 is 24.4 Å². The highest BCUT2D eigenvalue weighted by atomic mass is 32.1. The lowest BCUT2D eigenvalue weighted by atomic mass is 9.94. The molecule has 190 valence electrons. The Morgan fingerprint density at radius 1 is 0.561 bits per heavy atom. The van der Waals surface area contributed by atoms with Gasteiger partial charge in [-0.1, -0.05) is 78.9 Å². The molecule has 2 aromatic heterocycles. The Balaban J connectivity index is 1.35. The number of rotatable bonds is 4. The number of hydrogen-bond acceptors (Lipinski definition) is 6. The van der Waals surface area contributed by atoms with Crippen molar-refractivity contribution in [1.82, 2.24) is 14.5 Å². The predicted octanol–water partition coefficient (Wildman–Crippen LogP) is 9.51. The van der Waals surface area contributed by atoms with Crippen LogP contribution in [-0.2, 0) is 0 Å². The second kappa shape index (κ2) is 9.20. The third-order valence-corrected chi connectivity index (χ3v) is 7.89. The van der Waals surface area contributed by atoms with Gasteiger partial charge < -0.3 is 4.57 Å². The van der Waals surface area contributed by atoms with Crippen molar-refractivity contribution in [3.05, 3.63) is 103 Å². The lowest BCUT2D eigenvalue weighted by Crippen LogP contribution is -1.94. The second-order valence-corrected chi connectivity index (χ2v) is 10.1. The first-order chi connectivity index (χ1) is 20.3. The van der Waals surface area contributed by atoms with Gasteiger partial charge in [0.05, 0.1) is 32.7 Å². The lowest BCUT2D eigenvalue weighted by Gasteiger charge is -2.13. The molecule has 1 aliphatic carbocycles. The maximum Gasteiger partial charge on any atom is 0.209 e. The molecule has 0 bridgehead atoms. The maximum atomic E-state index is 4.83. The summed E-state index contributed by atoms with van der Waals surface area (Å²) in [7, 11) is 0. The predicted molar refractivity (Wildman–Crippen MR) is 173 cm³/mol.